The molecule has 1 unspecified atom stereocenters. The summed E-state index contributed by atoms with van der Waals surface area (Å²) in [7, 11) is 0. The zero-order valence-electron chi connectivity index (χ0n) is 15.0. The van der Waals surface area contributed by atoms with Crippen LogP contribution >= 0.6 is 0 Å². The molecular weight excluding hydrogens is 347 g/mol. The molecule has 1 saturated heterocycles. The Balaban J connectivity index is 1.45. The molecule has 2 aromatic carbocycles. The molecule has 3 rings (SSSR count). The minimum absolute atomic E-state index is 0.0565. The van der Waals surface area contributed by atoms with E-state index in [0.29, 0.717) is 24.2 Å². The zero-order valence-corrected chi connectivity index (χ0v) is 15.0. The van der Waals surface area contributed by atoms with E-state index < -0.39 is 0 Å². The van der Waals surface area contributed by atoms with Crippen LogP contribution in [0.1, 0.15) is 41.6 Å². The third kappa shape index (κ3) is 5.89. The van der Waals surface area contributed by atoms with Crippen LogP contribution in [0.3, 0.4) is 0 Å². The molecule has 1 atom stereocenters. The van der Waals surface area contributed by atoms with Crippen LogP contribution in [0.4, 0.5) is 10.1 Å². The van der Waals surface area contributed by atoms with Gasteiger partial charge in [0, 0.05) is 30.8 Å². The minimum Gasteiger partial charge on any atom is -0.378 e. The van der Waals surface area contributed by atoms with E-state index in [9.17, 15) is 14.0 Å². The molecule has 0 aromatic heterocycles. The Morgan fingerprint density at radius 1 is 1.07 bits per heavy atom. The van der Waals surface area contributed by atoms with E-state index in [1.807, 2.05) is 0 Å². The summed E-state index contributed by atoms with van der Waals surface area (Å²) in [5.41, 5.74) is 1.97. The van der Waals surface area contributed by atoms with Crippen LogP contribution in [0.25, 0.3) is 0 Å². The third-order valence-corrected chi connectivity index (χ3v) is 4.51. The van der Waals surface area contributed by atoms with Crippen LogP contribution in [0.15, 0.2) is 48.5 Å². The Morgan fingerprint density at radius 2 is 1.81 bits per heavy atom. The van der Waals surface area contributed by atoms with Crippen LogP contribution in [0.5, 0.6) is 0 Å². The lowest BCUT2D eigenvalue weighted by molar-refractivity contribution is -0.116. The summed E-state index contributed by atoms with van der Waals surface area (Å²) in [6, 6.07) is 12.7. The van der Waals surface area contributed by atoms with Crippen LogP contribution in [0.2, 0.25) is 0 Å². The van der Waals surface area contributed by atoms with Gasteiger partial charge in [0.05, 0.1) is 6.10 Å². The maximum atomic E-state index is 12.9. The molecular formula is C21H23FN2O3. The van der Waals surface area contributed by atoms with Crippen LogP contribution in [-0.2, 0) is 16.1 Å². The van der Waals surface area contributed by atoms with Gasteiger partial charge >= 0.3 is 0 Å². The summed E-state index contributed by atoms with van der Waals surface area (Å²) in [6.07, 6.45) is 3.44. The van der Waals surface area contributed by atoms with Crippen molar-refractivity contribution in [3.05, 3.63) is 65.5 Å². The molecule has 2 amide bonds. The fourth-order valence-corrected chi connectivity index (χ4v) is 2.98. The molecule has 1 fully saturated rings. The zero-order chi connectivity index (χ0) is 19.1. The normalized spacial score (nSPS) is 16.1. The maximum absolute atomic E-state index is 12.9. The first-order valence-electron chi connectivity index (χ1n) is 9.14. The second-order valence-electron chi connectivity index (χ2n) is 6.61. The van der Waals surface area contributed by atoms with Gasteiger partial charge in [-0.2, -0.15) is 0 Å². The summed E-state index contributed by atoms with van der Waals surface area (Å²) in [5, 5.41) is 5.62. The Bertz CT molecular complexity index is 769. The van der Waals surface area contributed by atoms with E-state index in [1.54, 1.807) is 36.4 Å². The van der Waals surface area contributed by atoms with Crippen molar-refractivity contribution >= 4 is 17.5 Å². The van der Waals surface area contributed by atoms with E-state index in [-0.39, 0.29) is 23.7 Å². The van der Waals surface area contributed by atoms with Gasteiger partial charge in [0.15, 0.2) is 0 Å². The van der Waals surface area contributed by atoms with Crippen molar-refractivity contribution in [2.45, 2.75) is 38.3 Å². The number of halogens is 1. The fraction of sp³-hybridized carbons (Fsp3) is 0.333. The minimum atomic E-state index is -0.307. The summed E-state index contributed by atoms with van der Waals surface area (Å²) in [6.45, 7) is 1.11. The highest BCUT2D eigenvalue weighted by Crippen LogP contribution is 2.17. The second-order valence-corrected chi connectivity index (χ2v) is 6.61. The Hall–Kier alpha value is -2.73. The van der Waals surface area contributed by atoms with Crippen molar-refractivity contribution in [3.63, 3.8) is 0 Å². The number of hydrogen-bond acceptors (Lipinski definition) is 3. The lowest BCUT2D eigenvalue weighted by Gasteiger charge is -2.10. The number of carbonyl (C=O) groups is 2. The fourth-order valence-electron chi connectivity index (χ4n) is 2.98. The van der Waals surface area contributed by atoms with E-state index in [4.69, 9.17) is 4.74 Å². The Morgan fingerprint density at radius 3 is 2.48 bits per heavy atom. The quantitative estimate of drug-likeness (QED) is 0.782. The predicted molar refractivity (Wildman–Crippen MR) is 101 cm³/mol. The van der Waals surface area contributed by atoms with Crippen molar-refractivity contribution in [2.75, 3.05) is 11.9 Å². The Kier molecular flexibility index (Phi) is 6.54. The molecule has 0 aliphatic carbocycles. The van der Waals surface area contributed by atoms with Gasteiger partial charge in [0.25, 0.3) is 5.91 Å². The van der Waals surface area contributed by atoms with Crippen molar-refractivity contribution in [1.29, 1.82) is 0 Å². The molecule has 6 heteroatoms. The van der Waals surface area contributed by atoms with Gasteiger partial charge in [-0.15, -0.1) is 0 Å². The van der Waals surface area contributed by atoms with E-state index in [1.165, 1.54) is 12.1 Å². The summed E-state index contributed by atoms with van der Waals surface area (Å²) in [5.74, 6) is -0.590. The largest absolute Gasteiger partial charge is 0.378 e. The highest BCUT2D eigenvalue weighted by molar-refractivity contribution is 5.95. The van der Waals surface area contributed by atoms with Gasteiger partial charge in [-0.3, -0.25) is 9.59 Å². The average Bonchev–Trinajstić information content (AvgIpc) is 3.20. The van der Waals surface area contributed by atoms with Crippen LogP contribution in [-0.4, -0.2) is 24.5 Å². The van der Waals surface area contributed by atoms with Gasteiger partial charge in [0.1, 0.15) is 5.82 Å². The van der Waals surface area contributed by atoms with Crippen molar-refractivity contribution in [1.82, 2.24) is 5.32 Å². The Labute approximate surface area is 157 Å². The number of anilines is 1. The first-order chi connectivity index (χ1) is 13.1. The first-order valence-corrected chi connectivity index (χ1v) is 9.14. The number of ether oxygens (including phenoxy) is 1. The lowest BCUT2D eigenvalue weighted by Crippen LogP contribution is -2.22. The SMILES string of the molecule is O=C(CCC1CCCO1)Nc1ccc(C(=O)NCc2ccc(F)cc2)cc1. The molecule has 1 aliphatic heterocycles. The number of rotatable bonds is 7. The number of hydrogen-bond donors (Lipinski definition) is 2. The van der Waals surface area contributed by atoms with Gasteiger partial charge in [-0.05, 0) is 61.2 Å². The molecule has 1 aliphatic rings. The van der Waals surface area contributed by atoms with Crippen LogP contribution in [0, 0.1) is 5.82 Å². The molecule has 5 nitrogen and oxygen atoms in total. The molecule has 0 bridgehead atoms. The van der Waals surface area contributed by atoms with Gasteiger partial charge in [0.2, 0.25) is 5.91 Å². The highest BCUT2D eigenvalue weighted by atomic mass is 19.1. The molecule has 2 N–H and O–H groups in total. The van der Waals surface area contributed by atoms with Crippen molar-refractivity contribution in [3.8, 4) is 0 Å². The number of amides is 2. The molecule has 27 heavy (non-hydrogen) atoms. The van der Waals surface area contributed by atoms with Crippen molar-refractivity contribution < 1.29 is 18.7 Å². The monoisotopic (exact) mass is 370 g/mol. The predicted octanol–water partition coefficient (Wildman–Crippen LogP) is 3.65. The third-order valence-electron chi connectivity index (χ3n) is 4.51. The second kappa shape index (κ2) is 9.28. The molecule has 0 saturated carbocycles. The van der Waals surface area contributed by atoms with E-state index in [0.717, 1.165) is 31.4 Å². The maximum Gasteiger partial charge on any atom is 0.251 e. The van der Waals surface area contributed by atoms with Gasteiger partial charge < -0.3 is 15.4 Å². The number of benzene rings is 2. The number of carbonyl (C=O) groups excluding carboxylic acids is 2. The molecule has 0 spiro atoms. The van der Waals surface area contributed by atoms with Gasteiger partial charge in [-0.1, -0.05) is 12.1 Å². The van der Waals surface area contributed by atoms with Crippen molar-refractivity contribution in [2.24, 2.45) is 0 Å². The summed E-state index contributed by atoms with van der Waals surface area (Å²) < 4.78 is 18.4. The summed E-state index contributed by atoms with van der Waals surface area (Å²) >= 11 is 0. The molecule has 142 valence electrons. The molecule has 1 heterocycles. The van der Waals surface area contributed by atoms with E-state index >= 15 is 0 Å². The lowest BCUT2D eigenvalue weighted by atomic mass is 10.1. The topological polar surface area (TPSA) is 67.4 Å². The van der Waals surface area contributed by atoms with Crippen LogP contribution < -0.4 is 10.6 Å². The van der Waals surface area contributed by atoms with E-state index in [2.05, 4.69) is 10.6 Å². The molecule has 2 aromatic rings. The first kappa shape index (κ1) is 19.0. The molecule has 0 radical (unpaired) electrons. The highest BCUT2D eigenvalue weighted by Gasteiger charge is 2.16. The van der Waals surface area contributed by atoms with Gasteiger partial charge in [-0.25, -0.2) is 4.39 Å². The summed E-state index contributed by atoms with van der Waals surface area (Å²) in [4.78, 5) is 24.2. The standard InChI is InChI=1S/C21H23FN2O3/c22-17-7-3-15(4-8-17)14-23-21(26)16-5-9-18(10-6-16)24-20(25)12-11-19-2-1-13-27-19/h3-10,19H,1-2,11-14H2,(H,23,26)(H,24,25). The average molecular weight is 370 g/mol. The number of nitrogens with one attached hydrogen (secondary N) is 2. The smallest absolute Gasteiger partial charge is 0.251 e.